The van der Waals surface area contributed by atoms with Gasteiger partial charge in [-0.05, 0) is 97.2 Å². The average Bonchev–Trinajstić information content (AvgIpc) is 3.14. The fourth-order valence-corrected chi connectivity index (χ4v) is 7.45. The molecule has 0 saturated heterocycles. The molecule has 0 radical (unpaired) electrons. The van der Waals surface area contributed by atoms with Gasteiger partial charge in [0.2, 0.25) is 10.0 Å². The molecule has 188 valence electrons. The Labute approximate surface area is 206 Å². The molecule has 2 saturated carbocycles. The topological polar surface area (TPSA) is 116 Å². The number of ether oxygens (including phenoxy) is 2. The van der Waals surface area contributed by atoms with Gasteiger partial charge in [-0.3, -0.25) is 0 Å². The summed E-state index contributed by atoms with van der Waals surface area (Å²) >= 11 is 0. The summed E-state index contributed by atoms with van der Waals surface area (Å²) in [5.74, 6) is 1.63. The van der Waals surface area contributed by atoms with Gasteiger partial charge in [-0.15, -0.1) is 0 Å². The maximum absolute atomic E-state index is 12.6. The Morgan fingerprint density at radius 3 is 2.63 bits per heavy atom. The zero-order chi connectivity index (χ0) is 24.8. The van der Waals surface area contributed by atoms with E-state index in [2.05, 4.69) is 13.0 Å². The number of phenolic OH excluding ortho intramolecular Hbond substituents is 1. The quantitative estimate of drug-likeness (QED) is 0.580. The molecule has 5 atom stereocenters. The summed E-state index contributed by atoms with van der Waals surface area (Å²) in [5, 5.41) is 15.0. The van der Waals surface area contributed by atoms with Crippen LogP contribution in [-0.4, -0.2) is 32.2 Å². The van der Waals surface area contributed by atoms with Crippen LogP contribution in [0.4, 0.5) is 0 Å². The number of carbonyl (C=O) groups is 1. The lowest BCUT2D eigenvalue weighted by molar-refractivity contribution is -0.163. The molecule has 2 fully saturated rings. The minimum Gasteiger partial charge on any atom is -0.508 e. The van der Waals surface area contributed by atoms with E-state index in [1.807, 2.05) is 12.1 Å². The lowest BCUT2D eigenvalue weighted by Crippen LogP contribution is -2.45. The second-order valence-corrected chi connectivity index (χ2v) is 12.1. The van der Waals surface area contributed by atoms with Crippen LogP contribution in [0.5, 0.6) is 5.75 Å². The second-order valence-electron chi connectivity index (χ2n) is 10.6. The number of primary sulfonamides is 1. The first kappa shape index (κ1) is 24.3. The van der Waals surface area contributed by atoms with Crippen LogP contribution in [0.25, 0.3) is 0 Å². The Bertz CT molecular complexity index is 1210. The summed E-state index contributed by atoms with van der Waals surface area (Å²) in [7, 11) is -3.73. The van der Waals surface area contributed by atoms with Crippen LogP contribution >= 0.6 is 0 Å². The van der Waals surface area contributed by atoms with Crippen LogP contribution in [0.1, 0.15) is 61.6 Å². The number of hydrogen-bond acceptors (Lipinski definition) is 6. The molecule has 7 nitrogen and oxygen atoms in total. The molecule has 0 amide bonds. The van der Waals surface area contributed by atoms with Gasteiger partial charge in [0.15, 0.2) is 0 Å². The molecule has 0 aromatic heterocycles. The Kier molecular flexibility index (Phi) is 6.40. The highest BCUT2D eigenvalue weighted by Gasteiger charge is 2.56. The van der Waals surface area contributed by atoms with E-state index in [1.54, 1.807) is 12.1 Å². The fourth-order valence-electron chi connectivity index (χ4n) is 6.93. The number of phenols is 1. The minimum atomic E-state index is -3.73. The highest BCUT2D eigenvalue weighted by atomic mass is 32.2. The summed E-state index contributed by atoms with van der Waals surface area (Å²) in [6.07, 6.45) is 6.07. The van der Waals surface area contributed by atoms with Crippen molar-refractivity contribution in [2.75, 3.05) is 6.61 Å². The number of benzene rings is 2. The predicted molar refractivity (Wildman–Crippen MR) is 130 cm³/mol. The van der Waals surface area contributed by atoms with Crippen LogP contribution in [0.2, 0.25) is 0 Å². The summed E-state index contributed by atoms with van der Waals surface area (Å²) < 4.78 is 34.2. The fraction of sp³-hybridized carbons (Fsp3) is 0.519. The van der Waals surface area contributed by atoms with E-state index in [0.717, 1.165) is 44.1 Å². The Balaban J connectivity index is 1.17. The summed E-state index contributed by atoms with van der Waals surface area (Å²) in [6, 6.07) is 11.9. The van der Waals surface area contributed by atoms with Crippen molar-refractivity contribution < 1.29 is 27.8 Å². The van der Waals surface area contributed by atoms with Crippen LogP contribution in [0.15, 0.2) is 47.4 Å². The highest BCUT2D eigenvalue weighted by molar-refractivity contribution is 7.89. The maximum Gasteiger partial charge on any atom is 0.332 e. The van der Waals surface area contributed by atoms with Crippen molar-refractivity contribution in [2.45, 2.75) is 69.0 Å². The number of carbonyl (C=O) groups excluding carboxylic acids is 1. The monoisotopic (exact) mass is 499 g/mol. The van der Waals surface area contributed by atoms with Gasteiger partial charge in [-0.2, -0.15) is 0 Å². The van der Waals surface area contributed by atoms with Crippen LogP contribution in [-0.2, 0) is 37.3 Å². The largest absolute Gasteiger partial charge is 0.508 e. The third-order valence-electron chi connectivity index (χ3n) is 8.64. The highest BCUT2D eigenvalue weighted by Crippen LogP contribution is 2.61. The van der Waals surface area contributed by atoms with E-state index >= 15 is 0 Å². The summed E-state index contributed by atoms with van der Waals surface area (Å²) in [6.45, 7) is 2.33. The zero-order valence-corrected chi connectivity index (χ0v) is 20.8. The Morgan fingerprint density at radius 2 is 1.89 bits per heavy atom. The van der Waals surface area contributed by atoms with Gasteiger partial charge < -0.3 is 14.6 Å². The molecule has 0 bridgehead atoms. The molecule has 35 heavy (non-hydrogen) atoms. The molecule has 0 spiro atoms. The molecule has 3 aliphatic carbocycles. The van der Waals surface area contributed by atoms with Gasteiger partial charge in [0, 0.05) is 5.41 Å². The number of nitrogens with two attached hydrogens (primary N) is 1. The number of fused-ring (bicyclic) bond motifs is 5. The normalized spacial score (nSPS) is 29.7. The van der Waals surface area contributed by atoms with Gasteiger partial charge in [-0.1, -0.05) is 25.1 Å². The van der Waals surface area contributed by atoms with Gasteiger partial charge >= 0.3 is 5.97 Å². The second kappa shape index (κ2) is 9.22. The smallest absolute Gasteiger partial charge is 0.332 e. The van der Waals surface area contributed by atoms with Gasteiger partial charge in [0.1, 0.15) is 18.5 Å². The van der Waals surface area contributed by atoms with Gasteiger partial charge in [-0.25, -0.2) is 18.4 Å². The molecule has 2 aromatic carbocycles. The van der Waals surface area contributed by atoms with Crippen molar-refractivity contribution in [2.24, 2.45) is 22.4 Å². The van der Waals surface area contributed by atoms with Crippen LogP contribution < -0.4 is 5.14 Å². The molecule has 2 aromatic rings. The number of esters is 1. The van der Waals surface area contributed by atoms with Crippen molar-refractivity contribution in [3.8, 4) is 5.75 Å². The van der Waals surface area contributed by atoms with Gasteiger partial charge in [0.25, 0.3) is 0 Å². The van der Waals surface area contributed by atoms with Crippen LogP contribution in [0, 0.1) is 17.3 Å². The van der Waals surface area contributed by atoms with E-state index < -0.39 is 10.0 Å². The molecule has 3 aliphatic rings. The molecule has 5 rings (SSSR count). The molecule has 0 aliphatic heterocycles. The number of hydrogen-bond donors (Lipinski definition) is 2. The van der Waals surface area contributed by atoms with Crippen molar-refractivity contribution in [1.29, 1.82) is 0 Å². The van der Waals surface area contributed by atoms with Crippen LogP contribution in [0.3, 0.4) is 0 Å². The van der Waals surface area contributed by atoms with E-state index in [-0.39, 0.29) is 35.6 Å². The molecular formula is C27H33NO6S. The zero-order valence-electron chi connectivity index (χ0n) is 20.0. The molecule has 3 N–H and O–H groups in total. The van der Waals surface area contributed by atoms with E-state index in [0.29, 0.717) is 23.5 Å². The average molecular weight is 500 g/mol. The third-order valence-corrected chi connectivity index (χ3v) is 9.57. The first-order valence-electron chi connectivity index (χ1n) is 12.4. The number of rotatable bonds is 6. The van der Waals surface area contributed by atoms with Gasteiger partial charge in [0.05, 0.1) is 11.5 Å². The molecule has 8 heteroatoms. The van der Waals surface area contributed by atoms with E-state index in [1.165, 1.54) is 23.3 Å². The molecule has 0 heterocycles. The first-order chi connectivity index (χ1) is 16.6. The maximum atomic E-state index is 12.6. The predicted octanol–water partition coefficient (Wildman–Crippen LogP) is 4.02. The lowest BCUT2D eigenvalue weighted by Gasteiger charge is -2.50. The standard InChI is InChI=1S/C27H33NO6S/c1-27-13-12-22-21-9-5-19(29)14-18(21)4-8-23(22)24(27)10-11-25(27)34-26(30)16-33-15-17-2-6-20(7-3-17)35(28,31)32/h2-3,5-7,9,14,22-25,29H,4,8,10-13,15-16H2,1H3,(H2,28,31,32). The third kappa shape index (κ3) is 4.71. The number of aryl methyl sites for hydroxylation is 1. The number of aromatic hydroxyl groups is 1. The van der Waals surface area contributed by atoms with E-state index in [9.17, 15) is 18.3 Å². The summed E-state index contributed by atoms with van der Waals surface area (Å²) in [5.41, 5.74) is 3.41. The Morgan fingerprint density at radius 1 is 1.11 bits per heavy atom. The first-order valence-corrected chi connectivity index (χ1v) is 13.9. The van der Waals surface area contributed by atoms with Crippen molar-refractivity contribution >= 4 is 16.0 Å². The number of sulfonamides is 1. The van der Waals surface area contributed by atoms with Crippen molar-refractivity contribution in [1.82, 2.24) is 0 Å². The Hall–Kier alpha value is -2.42. The molecular weight excluding hydrogens is 466 g/mol. The summed E-state index contributed by atoms with van der Waals surface area (Å²) in [4.78, 5) is 12.6. The van der Waals surface area contributed by atoms with Crippen molar-refractivity contribution in [3.05, 3.63) is 59.2 Å². The molecule has 5 unspecified atom stereocenters. The minimum absolute atomic E-state index is 0.0191. The lowest BCUT2D eigenvalue weighted by atomic mass is 9.55. The van der Waals surface area contributed by atoms with E-state index in [4.69, 9.17) is 14.6 Å². The van der Waals surface area contributed by atoms with Crippen molar-refractivity contribution in [3.63, 3.8) is 0 Å². The SMILES string of the molecule is CC12CCC3c4ccc(O)cc4CCC3C1CCC2OC(=O)COCc1ccc(S(N)(=O)=O)cc1.